The first-order chi connectivity index (χ1) is 15.2. The van der Waals surface area contributed by atoms with E-state index in [1.807, 2.05) is 0 Å². The second-order valence-corrected chi connectivity index (χ2v) is 8.02. The van der Waals surface area contributed by atoms with Crippen molar-refractivity contribution in [1.29, 1.82) is 0 Å². The van der Waals surface area contributed by atoms with Gasteiger partial charge in [-0.2, -0.15) is 0 Å². The van der Waals surface area contributed by atoms with Crippen molar-refractivity contribution in [1.82, 2.24) is 5.32 Å². The maximum atomic E-state index is 13.1. The Labute approximate surface area is 199 Å². The zero-order chi connectivity index (χ0) is 23.4. The minimum atomic E-state index is -0.780. The Morgan fingerprint density at radius 1 is 1.22 bits per heavy atom. The number of halogens is 2. The number of carbonyl (C=O) groups excluding carboxylic acids is 1. The molecule has 0 saturated carbocycles. The minimum absolute atomic E-state index is 0.00940. The quantitative estimate of drug-likeness (QED) is 0.192. The molecule has 0 aromatic heterocycles. The fraction of sp³-hybridized carbons (Fsp3) is 0.238. The Balaban J connectivity index is 2.11. The monoisotopic (exact) mass is 495 g/mol. The fourth-order valence-corrected chi connectivity index (χ4v) is 3.98. The van der Waals surface area contributed by atoms with Gasteiger partial charge in [0.1, 0.15) is 11.6 Å². The molecule has 2 aromatic carbocycles. The highest BCUT2D eigenvalue weighted by molar-refractivity contribution is 7.80. The molecule has 1 heterocycles. The van der Waals surface area contributed by atoms with Crippen LogP contribution in [0, 0.1) is 10.1 Å². The number of thiocarbonyl (C=S) groups is 1. The smallest absolute Gasteiger partial charge is 0.338 e. The number of hydrogen-bond donors (Lipinski definition) is 1. The molecule has 0 amide bonds. The fourth-order valence-electron chi connectivity index (χ4n) is 3.30. The van der Waals surface area contributed by atoms with Crippen LogP contribution in [0.1, 0.15) is 18.5 Å². The highest BCUT2D eigenvalue weighted by Gasteiger charge is 2.36. The van der Waals surface area contributed by atoms with Gasteiger partial charge in [-0.25, -0.2) is 4.79 Å². The van der Waals surface area contributed by atoms with Crippen molar-refractivity contribution in [3.8, 4) is 0 Å². The van der Waals surface area contributed by atoms with Crippen molar-refractivity contribution in [2.75, 3.05) is 25.2 Å². The summed E-state index contributed by atoms with van der Waals surface area (Å²) in [5.74, 6) is -0.601. The molecule has 8 nitrogen and oxygen atoms in total. The van der Waals surface area contributed by atoms with Gasteiger partial charge in [0.25, 0.3) is 5.69 Å². The first kappa shape index (κ1) is 23.9. The predicted octanol–water partition coefficient (Wildman–Crippen LogP) is 4.80. The second-order valence-electron chi connectivity index (χ2n) is 6.79. The third-order valence-corrected chi connectivity index (χ3v) is 5.68. The van der Waals surface area contributed by atoms with E-state index in [-0.39, 0.29) is 29.5 Å². The number of nitrogens with one attached hydrogen (secondary N) is 1. The van der Waals surface area contributed by atoms with E-state index < -0.39 is 16.9 Å². The van der Waals surface area contributed by atoms with Crippen LogP contribution in [0.4, 0.5) is 11.4 Å². The Bertz CT molecular complexity index is 1090. The standard InChI is InChI=1S/C21H19Cl2N3O5S/c1-12-18(20(27)31-10-9-30-2)19(13-3-8-16(23)17(11-13)26(28)29)24-21(32)25(12)15-6-4-14(22)5-7-15/h3-8,11,19H,9-10H2,1-2H3,(H,24,32). The molecule has 11 heteroatoms. The van der Waals surface area contributed by atoms with Gasteiger partial charge in [0.05, 0.1) is 23.1 Å². The van der Waals surface area contributed by atoms with Gasteiger partial charge in [0.2, 0.25) is 0 Å². The Morgan fingerprint density at radius 3 is 2.53 bits per heavy atom. The molecule has 0 bridgehead atoms. The summed E-state index contributed by atoms with van der Waals surface area (Å²) in [6, 6.07) is 10.5. The number of anilines is 1. The third kappa shape index (κ3) is 5.02. The van der Waals surface area contributed by atoms with Gasteiger partial charge < -0.3 is 14.8 Å². The normalized spacial score (nSPS) is 16.1. The van der Waals surface area contributed by atoms with Crippen LogP contribution in [0.25, 0.3) is 0 Å². The largest absolute Gasteiger partial charge is 0.460 e. The van der Waals surface area contributed by atoms with E-state index in [0.717, 1.165) is 0 Å². The maximum absolute atomic E-state index is 13.1. The number of methoxy groups -OCH3 is 1. The van der Waals surface area contributed by atoms with Crippen LogP contribution < -0.4 is 10.2 Å². The van der Waals surface area contributed by atoms with Gasteiger partial charge in [0, 0.05) is 29.6 Å². The molecule has 0 radical (unpaired) electrons. The van der Waals surface area contributed by atoms with E-state index in [9.17, 15) is 14.9 Å². The van der Waals surface area contributed by atoms with Gasteiger partial charge in [-0.15, -0.1) is 0 Å². The molecule has 0 aliphatic carbocycles. The average molecular weight is 496 g/mol. The molecule has 1 aliphatic rings. The molecule has 1 atom stereocenters. The van der Waals surface area contributed by atoms with Crippen LogP contribution in [-0.4, -0.2) is 36.3 Å². The van der Waals surface area contributed by atoms with Gasteiger partial charge in [0.15, 0.2) is 5.11 Å². The number of nitrogens with zero attached hydrogens (tertiary/aromatic N) is 2. The van der Waals surface area contributed by atoms with Crippen LogP contribution in [-0.2, 0) is 14.3 Å². The van der Waals surface area contributed by atoms with E-state index in [0.29, 0.717) is 27.1 Å². The number of nitro benzene ring substituents is 1. The number of ether oxygens (including phenoxy) is 2. The lowest BCUT2D eigenvalue weighted by Gasteiger charge is -2.37. The summed E-state index contributed by atoms with van der Waals surface area (Å²) in [6.07, 6.45) is 0. The molecule has 32 heavy (non-hydrogen) atoms. The molecule has 0 spiro atoms. The summed E-state index contributed by atoms with van der Waals surface area (Å²) in [4.78, 5) is 25.5. The molecule has 2 aromatic rings. The zero-order valence-corrected chi connectivity index (χ0v) is 19.5. The average Bonchev–Trinajstić information content (AvgIpc) is 2.75. The number of nitro groups is 1. The summed E-state index contributed by atoms with van der Waals surface area (Å²) in [5, 5.41) is 15.3. The summed E-state index contributed by atoms with van der Waals surface area (Å²) >= 11 is 17.5. The van der Waals surface area contributed by atoms with Crippen molar-refractivity contribution in [2.24, 2.45) is 0 Å². The molecular weight excluding hydrogens is 477 g/mol. The van der Waals surface area contributed by atoms with Crippen LogP contribution in [0.3, 0.4) is 0 Å². The summed E-state index contributed by atoms with van der Waals surface area (Å²) < 4.78 is 10.3. The number of esters is 1. The zero-order valence-electron chi connectivity index (χ0n) is 17.1. The third-order valence-electron chi connectivity index (χ3n) is 4.81. The molecule has 3 rings (SSSR count). The second kappa shape index (κ2) is 10.3. The van der Waals surface area contributed by atoms with Crippen molar-refractivity contribution in [3.63, 3.8) is 0 Å². The van der Waals surface area contributed by atoms with E-state index in [2.05, 4.69) is 5.32 Å². The van der Waals surface area contributed by atoms with E-state index in [4.69, 9.17) is 44.9 Å². The van der Waals surface area contributed by atoms with Crippen LogP contribution in [0.5, 0.6) is 0 Å². The number of carbonyl (C=O) groups is 1. The molecule has 1 unspecified atom stereocenters. The van der Waals surface area contributed by atoms with E-state index in [1.54, 1.807) is 42.2 Å². The van der Waals surface area contributed by atoms with Gasteiger partial charge >= 0.3 is 5.97 Å². The van der Waals surface area contributed by atoms with E-state index in [1.165, 1.54) is 19.2 Å². The molecule has 168 valence electrons. The van der Waals surface area contributed by atoms with Crippen molar-refractivity contribution >= 4 is 57.9 Å². The van der Waals surface area contributed by atoms with Crippen molar-refractivity contribution in [3.05, 3.63) is 79.5 Å². The highest BCUT2D eigenvalue weighted by Crippen LogP contribution is 2.37. The summed E-state index contributed by atoms with van der Waals surface area (Å²) in [7, 11) is 1.50. The van der Waals surface area contributed by atoms with E-state index >= 15 is 0 Å². The molecule has 1 N–H and O–H groups in total. The predicted molar refractivity (Wildman–Crippen MR) is 126 cm³/mol. The highest BCUT2D eigenvalue weighted by atomic mass is 35.5. The lowest BCUT2D eigenvalue weighted by molar-refractivity contribution is -0.384. The van der Waals surface area contributed by atoms with Gasteiger partial charge in [-0.3, -0.25) is 15.0 Å². The summed E-state index contributed by atoms with van der Waals surface area (Å²) in [6.45, 7) is 2.00. The number of hydrogen-bond acceptors (Lipinski definition) is 6. The molecular formula is C21H19Cl2N3O5S. The molecule has 1 aliphatic heterocycles. The maximum Gasteiger partial charge on any atom is 0.338 e. The molecule has 0 saturated heterocycles. The Morgan fingerprint density at radius 2 is 1.91 bits per heavy atom. The Hall–Kier alpha value is -2.72. The molecule has 0 fully saturated rings. The van der Waals surface area contributed by atoms with Gasteiger partial charge in [-0.1, -0.05) is 29.3 Å². The number of benzene rings is 2. The van der Waals surface area contributed by atoms with Crippen LogP contribution in [0.2, 0.25) is 10.0 Å². The lowest BCUT2D eigenvalue weighted by Crippen LogP contribution is -2.48. The van der Waals surface area contributed by atoms with Crippen molar-refractivity contribution in [2.45, 2.75) is 13.0 Å². The first-order valence-corrected chi connectivity index (χ1v) is 10.6. The van der Waals surface area contributed by atoms with Crippen molar-refractivity contribution < 1.29 is 19.2 Å². The van der Waals surface area contributed by atoms with Gasteiger partial charge in [-0.05, 0) is 55.0 Å². The summed E-state index contributed by atoms with van der Waals surface area (Å²) in [5.41, 5.74) is 1.62. The number of allylic oxidation sites excluding steroid dienone is 1. The number of rotatable bonds is 7. The SMILES string of the molecule is COCCOC(=O)C1=C(C)N(c2ccc(Cl)cc2)C(=S)NC1c1ccc(Cl)c([N+](=O)[O-])c1. The topological polar surface area (TPSA) is 93.9 Å². The van der Waals surface area contributed by atoms with Crippen LogP contribution >= 0.6 is 35.4 Å². The first-order valence-electron chi connectivity index (χ1n) is 9.41. The Kier molecular flexibility index (Phi) is 7.68. The van der Waals surface area contributed by atoms with Crippen LogP contribution in [0.15, 0.2) is 53.7 Å². The minimum Gasteiger partial charge on any atom is -0.460 e. The lowest BCUT2D eigenvalue weighted by atomic mass is 9.94.